The van der Waals surface area contributed by atoms with Gasteiger partial charge in [-0.2, -0.15) is 0 Å². The number of carbonyl (C=O) groups is 1. The molecule has 172 valence electrons. The van der Waals surface area contributed by atoms with E-state index in [1.807, 2.05) is 60.7 Å². The lowest BCUT2D eigenvalue weighted by atomic mass is 9.85. The van der Waals surface area contributed by atoms with Gasteiger partial charge in [0.2, 0.25) is 5.60 Å². The first kappa shape index (κ1) is 23.3. The maximum Gasteiger partial charge on any atom is 0.348 e. The van der Waals surface area contributed by atoms with Gasteiger partial charge in [0.05, 0.1) is 25.2 Å². The molecule has 2 aliphatic rings. The summed E-state index contributed by atoms with van der Waals surface area (Å²) in [5.41, 5.74) is 0.0987. The Morgan fingerprint density at radius 2 is 1.50 bits per heavy atom. The molecule has 0 aromatic heterocycles. The summed E-state index contributed by atoms with van der Waals surface area (Å²) < 4.78 is 13.5. The van der Waals surface area contributed by atoms with Gasteiger partial charge in [-0.3, -0.25) is 0 Å². The number of nitrogens with zero attached hydrogens (tertiary/aromatic N) is 1. The molecule has 0 radical (unpaired) electrons. The van der Waals surface area contributed by atoms with E-state index in [1.54, 1.807) is 0 Å². The van der Waals surface area contributed by atoms with Crippen LogP contribution in [0.2, 0.25) is 0 Å². The Morgan fingerprint density at radius 1 is 0.969 bits per heavy atom. The largest absolute Gasteiger partial charge is 0.459 e. The average Bonchev–Trinajstić information content (AvgIpc) is 3.00. The SMILES string of the molecule is CCC[N+]1(CC)C2CCC1CC(OC(=O)C(OCCl)(c1ccccc1)c1ccccc1)C2. The van der Waals surface area contributed by atoms with Crippen molar-refractivity contribution in [2.45, 2.75) is 69.7 Å². The van der Waals surface area contributed by atoms with Crippen molar-refractivity contribution in [3.05, 3.63) is 71.8 Å². The zero-order valence-electron chi connectivity index (χ0n) is 19.2. The van der Waals surface area contributed by atoms with Crippen LogP contribution in [0.25, 0.3) is 0 Å². The van der Waals surface area contributed by atoms with E-state index >= 15 is 0 Å². The third-order valence-corrected chi connectivity index (χ3v) is 7.89. The summed E-state index contributed by atoms with van der Waals surface area (Å²) in [6, 6.07) is 20.2. The number of carbonyl (C=O) groups excluding carboxylic acids is 1. The summed E-state index contributed by atoms with van der Waals surface area (Å²) in [5, 5.41) is 0. The van der Waals surface area contributed by atoms with Crippen LogP contribution in [-0.4, -0.2) is 47.8 Å². The standard InChI is InChI=1S/C27H35ClNO3/c1-3-17-29(4-2)23-15-16-24(29)19-25(18-23)32-26(30)27(31-20-28,21-11-7-5-8-12-21)22-13-9-6-10-14-22/h5-14,23-25H,3-4,15-20H2,1-2H3/q+1. The molecule has 2 aliphatic heterocycles. The minimum atomic E-state index is -1.37. The van der Waals surface area contributed by atoms with Crippen LogP contribution in [-0.2, 0) is 19.9 Å². The molecule has 0 spiro atoms. The quantitative estimate of drug-likeness (QED) is 0.279. The van der Waals surface area contributed by atoms with E-state index in [2.05, 4.69) is 13.8 Å². The van der Waals surface area contributed by atoms with Gasteiger partial charge >= 0.3 is 5.97 Å². The molecule has 0 aliphatic carbocycles. The lowest BCUT2D eigenvalue weighted by Gasteiger charge is -2.49. The van der Waals surface area contributed by atoms with Crippen LogP contribution >= 0.6 is 11.6 Å². The number of alkyl halides is 1. The van der Waals surface area contributed by atoms with E-state index < -0.39 is 5.60 Å². The van der Waals surface area contributed by atoms with E-state index in [1.165, 1.54) is 30.3 Å². The highest BCUT2D eigenvalue weighted by Gasteiger charge is 2.54. The number of halogens is 1. The van der Waals surface area contributed by atoms with Crippen molar-refractivity contribution < 1.29 is 18.8 Å². The number of rotatable bonds is 9. The van der Waals surface area contributed by atoms with Crippen LogP contribution in [0, 0.1) is 0 Å². The van der Waals surface area contributed by atoms with Crippen molar-refractivity contribution in [2.75, 3.05) is 19.2 Å². The van der Waals surface area contributed by atoms with Gasteiger partial charge in [0.1, 0.15) is 12.2 Å². The predicted octanol–water partition coefficient (Wildman–Crippen LogP) is 5.63. The lowest BCUT2D eigenvalue weighted by molar-refractivity contribution is -0.965. The maximum absolute atomic E-state index is 13.9. The van der Waals surface area contributed by atoms with Gasteiger partial charge in [-0.1, -0.05) is 79.2 Å². The maximum atomic E-state index is 13.9. The molecule has 2 aromatic rings. The molecule has 0 N–H and O–H groups in total. The Balaban J connectivity index is 1.64. The fourth-order valence-electron chi connectivity index (χ4n) is 6.40. The summed E-state index contributed by atoms with van der Waals surface area (Å²) >= 11 is 6.09. The predicted molar refractivity (Wildman–Crippen MR) is 127 cm³/mol. The van der Waals surface area contributed by atoms with Gasteiger partial charge in [-0.25, -0.2) is 4.79 Å². The first-order valence-corrected chi connectivity index (χ1v) is 12.5. The number of ether oxygens (including phenoxy) is 2. The Morgan fingerprint density at radius 3 is 1.94 bits per heavy atom. The molecular weight excluding hydrogens is 422 g/mol. The Hall–Kier alpha value is -1.88. The number of benzene rings is 2. The first-order chi connectivity index (χ1) is 15.6. The Labute approximate surface area is 197 Å². The molecule has 2 bridgehead atoms. The van der Waals surface area contributed by atoms with Crippen LogP contribution in [0.1, 0.15) is 57.1 Å². The molecule has 2 aromatic carbocycles. The fourth-order valence-corrected chi connectivity index (χ4v) is 6.56. The normalized spacial score (nSPS) is 27.3. The van der Waals surface area contributed by atoms with Crippen LogP contribution in [0.15, 0.2) is 60.7 Å². The average molecular weight is 457 g/mol. The smallest absolute Gasteiger partial charge is 0.348 e. The molecule has 2 saturated heterocycles. The highest BCUT2D eigenvalue weighted by Crippen LogP contribution is 2.45. The lowest BCUT2D eigenvalue weighted by Crippen LogP contribution is -2.62. The van der Waals surface area contributed by atoms with Gasteiger partial charge in [0.15, 0.2) is 0 Å². The zero-order chi connectivity index (χ0) is 22.6. The summed E-state index contributed by atoms with van der Waals surface area (Å²) in [5.74, 6) is -0.369. The number of piperidine rings is 1. The molecule has 5 heteroatoms. The van der Waals surface area contributed by atoms with Crippen molar-refractivity contribution in [3.8, 4) is 0 Å². The number of hydrogen-bond acceptors (Lipinski definition) is 3. The Bertz CT molecular complexity index is 835. The monoisotopic (exact) mass is 456 g/mol. The highest BCUT2D eigenvalue weighted by atomic mass is 35.5. The van der Waals surface area contributed by atoms with E-state index in [-0.39, 0.29) is 18.1 Å². The minimum Gasteiger partial charge on any atom is -0.459 e. The van der Waals surface area contributed by atoms with Crippen molar-refractivity contribution in [2.24, 2.45) is 0 Å². The molecule has 0 amide bonds. The molecule has 0 saturated carbocycles. The topological polar surface area (TPSA) is 35.5 Å². The second-order valence-corrected chi connectivity index (χ2v) is 9.41. The zero-order valence-corrected chi connectivity index (χ0v) is 20.0. The molecule has 2 fully saturated rings. The highest BCUT2D eigenvalue weighted by molar-refractivity contribution is 6.17. The number of quaternary nitrogens is 1. The molecule has 2 unspecified atom stereocenters. The van der Waals surface area contributed by atoms with Crippen LogP contribution in [0.3, 0.4) is 0 Å². The summed E-state index contributed by atoms with van der Waals surface area (Å²) in [7, 11) is 0. The van der Waals surface area contributed by atoms with Gasteiger partial charge in [-0.05, 0) is 24.5 Å². The van der Waals surface area contributed by atoms with Gasteiger partial charge in [-0.15, -0.1) is 0 Å². The number of fused-ring (bicyclic) bond motifs is 2. The van der Waals surface area contributed by atoms with E-state index in [4.69, 9.17) is 21.1 Å². The van der Waals surface area contributed by atoms with E-state index in [9.17, 15) is 4.79 Å². The van der Waals surface area contributed by atoms with Gasteiger partial charge in [0.25, 0.3) is 0 Å². The van der Waals surface area contributed by atoms with E-state index in [0.29, 0.717) is 12.1 Å². The van der Waals surface area contributed by atoms with Crippen LogP contribution < -0.4 is 0 Å². The fraction of sp³-hybridized carbons (Fsp3) is 0.519. The molecular formula is C27H35ClNO3+. The Kier molecular flexibility index (Phi) is 7.24. The summed E-state index contributed by atoms with van der Waals surface area (Å²) in [6.07, 6.45) is 5.42. The third kappa shape index (κ3) is 3.98. The summed E-state index contributed by atoms with van der Waals surface area (Å²) in [6.45, 7) is 6.98. The minimum absolute atomic E-state index is 0.0830. The van der Waals surface area contributed by atoms with Crippen LogP contribution in [0.4, 0.5) is 0 Å². The van der Waals surface area contributed by atoms with Crippen molar-refractivity contribution in [1.29, 1.82) is 0 Å². The van der Waals surface area contributed by atoms with Gasteiger partial charge < -0.3 is 14.0 Å². The summed E-state index contributed by atoms with van der Waals surface area (Å²) in [4.78, 5) is 13.9. The van der Waals surface area contributed by atoms with E-state index in [0.717, 1.165) is 30.5 Å². The molecule has 2 heterocycles. The molecule has 2 atom stereocenters. The van der Waals surface area contributed by atoms with Crippen LogP contribution in [0.5, 0.6) is 0 Å². The molecule has 4 nitrogen and oxygen atoms in total. The van der Waals surface area contributed by atoms with Crippen molar-refractivity contribution >= 4 is 17.6 Å². The number of esters is 1. The van der Waals surface area contributed by atoms with Gasteiger partial charge in [0, 0.05) is 25.7 Å². The molecule has 32 heavy (non-hydrogen) atoms. The second kappa shape index (κ2) is 9.94. The third-order valence-electron chi connectivity index (χ3n) is 7.78. The van der Waals surface area contributed by atoms with Crippen molar-refractivity contribution in [3.63, 3.8) is 0 Å². The second-order valence-electron chi connectivity index (χ2n) is 9.19. The number of hydrogen-bond donors (Lipinski definition) is 0. The molecule has 4 rings (SSSR count). The van der Waals surface area contributed by atoms with Crippen molar-refractivity contribution in [1.82, 2.24) is 0 Å². The first-order valence-electron chi connectivity index (χ1n) is 12.0.